The van der Waals surface area contributed by atoms with Crippen LogP contribution in [0.5, 0.6) is 5.75 Å². The molecule has 0 aliphatic heterocycles. The highest BCUT2D eigenvalue weighted by atomic mass is 19.3. The van der Waals surface area contributed by atoms with Gasteiger partial charge in [-0.2, -0.15) is 8.78 Å². The second-order valence-electron chi connectivity index (χ2n) is 4.36. The fourth-order valence-corrected chi connectivity index (χ4v) is 1.93. The SMILES string of the molecule is NCC(Nc1ccccc1F)c1ccc(OC(F)F)cc1. The first kappa shape index (κ1) is 15.2. The highest BCUT2D eigenvalue weighted by Gasteiger charge is 2.12. The third kappa shape index (κ3) is 4.13. The average molecular weight is 296 g/mol. The van der Waals surface area contributed by atoms with Gasteiger partial charge in [0.25, 0.3) is 0 Å². The highest BCUT2D eigenvalue weighted by Crippen LogP contribution is 2.23. The lowest BCUT2D eigenvalue weighted by Gasteiger charge is -2.19. The quantitative estimate of drug-likeness (QED) is 0.857. The summed E-state index contributed by atoms with van der Waals surface area (Å²) in [4.78, 5) is 0. The van der Waals surface area contributed by atoms with Crippen molar-refractivity contribution in [3.05, 3.63) is 59.9 Å². The summed E-state index contributed by atoms with van der Waals surface area (Å²) in [6, 6.07) is 12.0. The molecular formula is C15H15F3N2O. The molecule has 0 saturated heterocycles. The second-order valence-corrected chi connectivity index (χ2v) is 4.36. The molecular weight excluding hydrogens is 281 g/mol. The number of nitrogens with two attached hydrogens (primary N) is 1. The van der Waals surface area contributed by atoms with Gasteiger partial charge in [-0.25, -0.2) is 4.39 Å². The number of halogens is 3. The van der Waals surface area contributed by atoms with E-state index in [9.17, 15) is 13.2 Å². The lowest BCUT2D eigenvalue weighted by Crippen LogP contribution is -2.21. The minimum Gasteiger partial charge on any atom is -0.435 e. The molecule has 0 aliphatic rings. The monoisotopic (exact) mass is 296 g/mol. The third-order valence-corrected chi connectivity index (χ3v) is 2.95. The van der Waals surface area contributed by atoms with Gasteiger partial charge in [0.15, 0.2) is 0 Å². The summed E-state index contributed by atoms with van der Waals surface area (Å²) in [6.45, 7) is -2.64. The van der Waals surface area contributed by atoms with Crippen molar-refractivity contribution in [2.45, 2.75) is 12.7 Å². The van der Waals surface area contributed by atoms with Crippen molar-refractivity contribution in [1.82, 2.24) is 0 Å². The van der Waals surface area contributed by atoms with E-state index in [0.717, 1.165) is 5.56 Å². The molecule has 1 atom stereocenters. The maximum Gasteiger partial charge on any atom is 0.387 e. The summed E-state index contributed by atoms with van der Waals surface area (Å²) >= 11 is 0. The number of alkyl halides is 2. The van der Waals surface area contributed by atoms with Crippen LogP contribution in [-0.2, 0) is 0 Å². The van der Waals surface area contributed by atoms with Gasteiger partial charge < -0.3 is 15.8 Å². The van der Waals surface area contributed by atoms with Crippen LogP contribution < -0.4 is 15.8 Å². The van der Waals surface area contributed by atoms with Crippen LogP contribution in [0.15, 0.2) is 48.5 Å². The molecule has 0 heterocycles. The lowest BCUT2D eigenvalue weighted by molar-refractivity contribution is -0.0498. The van der Waals surface area contributed by atoms with Crippen LogP contribution in [-0.4, -0.2) is 13.2 Å². The van der Waals surface area contributed by atoms with Crippen LogP contribution in [0.1, 0.15) is 11.6 Å². The Hall–Kier alpha value is -2.21. The zero-order valence-electron chi connectivity index (χ0n) is 11.1. The fourth-order valence-electron chi connectivity index (χ4n) is 1.93. The van der Waals surface area contributed by atoms with Gasteiger partial charge in [0.1, 0.15) is 11.6 Å². The molecule has 6 heteroatoms. The van der Waals surface area contributed by atoms with E-state index in [4.69, 9.17) is 5.73 Å². The predicted molar refractivity (Wildman–Crippen MR) is 74.9 cm³/mol. The minimum absolute atomic E-state index is 0.0652. The van der Waals surface area contributed by atoms with Crippen LogP contribution in [0, 0.1) is 5.82 Å². The van der Waals surface area contributed by atoms with E-state index in [1.54, 1.807) is 30.3 Å². The van der Waals surface area contributed by atoms with Crippen molar-refractivity contribution >= 4 is 5.69 Å². The molecule has 2 aromatic rings. The summed E-state index contributed by atoms with van der Waals surface area (Å²) in [5.41, 5.74) is 6.77. The molecule has 0 saturated carbocycles. The molecule has 1 unspecified atom stereocenters. The van der Waals surface area contributed by atoms with Crippen molar-refractivity contribution in [2.75, 3.05) is 11.9 Å². The molecule has 0 fully saturated rings. The Morgan fingerprint density at radius 2 is 1.71 bits per heavy atom. The Bertz CT molecular complexity index is 575. The molecule has 0 spiro atoms. The Kier molecular flexibility index (Phi) is 5.05. The number of ether oxygens (including phenoxy) is 1. The smallest absolute Gasteiger partial charge is 0.387 e. The maximum absolute atomic E-state index is 13.6. The molecule has 0 aromatic heterocycles. The van der Waals surface area contributed by atoms with E-state index in [1.807, 2.05) is 0 Å². The van der Waals surface area contributed by atoms with Gasteiger partial charge in [-0.3, -0.25) is 0 Å². The molecule has 21 heavy (non-hydrogen) atoms. The fraction of sp³-hybridized carbons (Fsp3) is 0.200. The van der Waals surface area contributed by atoms with Crippen LogP contribution in [0.25, 0.3) is 0 Å². The number of benzene rings is 2. The number of rotatable bonds is 6. The van der Waals surface area contributed by atoms with E-state index in [1.165, 1.54) is 18.2 Å². The van der Waals surface area contributed by atoms with Crippen molar-refractivity contribution in [2.24, 2.45) is 5.73 Å². The Morgan fingerprint density at radius 3 is 2.29 bits per heavy atom. The molecule has 2 rings (SSSR count). The van der Waals surface area contributed by atoms with E-state index < -0.39 is 6.61 Å². The summed E-state index contributed by atoms with van der Waals surface area (Å²) in [6.07, 6.45) is 0. The number of nitrogens with one attached hydrogen (secondary N) is 1. The summed E-state index contributed by atoms with van der Waals surface area (Å²) in [7, 11) is 0. The van der Waals surface area contributed by atoms with Crippen LogP contribution in [0.3, 0.4) is 0 Å². The third-order valence-electron chi connectivity index (χ3n) is 2.95. The van der Waals surface area contributed by atoms with Crippen molar-refractivity contribution < 1.29 is 17.9 Å². The first-order valence-electron chi connectivity index (χ1n) is 6.36. The van der Waals surface area contributed by atoms with Gasteiger partial charge in [-0.15, -0.1) is 0 Å². The first-order valence-corrected chi connectivity index (χ1v) is 6.36. The number of hydrogen-bond donors (Lipinski definition) is 2. The average Bonchev–Trinajstić information content (AvgIpc) is 2.47. The first-order chi connectivity index (χ1) is 10.1. The minimum atomic E-state index is -2.86. The molecule has 0 aliphatic carbocycles. The van der Waals surface area contributed by atoms with E-state index in [2.05, 4.69) is 10.1 Å². The van der Waals surface area contributed by atoms with Crippen LogP contribution >= 0.6 is 0 Å². The Labute approximate surface area is 120 Å². The zero-order chi connectivity index (χ0) is 15.2. The van der Waals surface area contributed by atoms with Gasteiger partial charge in [-0.05, 0) is 29.8 Å². The molecule has 0 radical (unpaired) electrons. The molecule has 2 aromatic carbocycles. The second kappa shape index (κ2) is 6.99. The van der Waals surface area contributed by atoms with Gasteiger partial charge >= 0.3 is 6.61 Å². The highest BCUT2D eigenvalue weighted by molar-refractivity contribution is 5.47. The van der Waals surface area contributed by atoms with Gasteiger partial charge in [-0.1, -0.05) is 24.3 Å². The van der Waals surface area contributed by atoms with Gasteiger partial charge in [0.2, 0.25) is 0 Å². The lowest BCUT2D eigenvalue weighted by atomic mass is 10.1. The predicted octanol–water partition coefficient (Wildman–Crippen LogP) is 3.54. The van der Waals surface area contributed by atoms with Gasteiger partial charge in [0.05, 0.1) is 11.7 Å². The number of hydrogen-bond acceptors (Lipinski definition) is 3. The number of para-hydroxylation sites is 1. The summed E-state index contributed by atoms with van der Waals surface area (Å²) in [5.74, 6) is -0.316. The largest absolute Gasteiger partial charge is 0.435 e. The Morgan fingerprint density at radius 1 is 1.05 bits per heavy atom. The zero-order valence-corrected chi connectivity index (χ0v) is 11.1. The molecule has 3 N–H and O–H groups in total. The summed E-state index contributed by atoms with van der Waals surface area (Å²) in [5, 5.41) is 2.98. The van der Waals surface area contributed by atoms with E-state index in [-0.39, 0.29) is 24.2 Å². The standard InChI is InChI=1S/C15H15F3N2O/c16-12-3-1-2-4-13(12)20-14(9-19)10-5-7-11(8-6-10)21-15(17)18/h1-8,14-15,20H,9,19H2. The molecule has 3 nitrogen and oxygen atoms in total. The number of anilines is 1. The molecule has 112 valence electrons. The normalized spacial score (nSPS) is 12.2. The van der Waals surface area contributed by atoms with Crippen molar-refractivity contribution in [3.63, 3.8) is 0 Å². The molecule has 0 amide bonds. The Balaban J connectivity index is 2.12. The van der Waals surface area contributed by atoms with Gasteiger partial charge in [0, 0.05) is 6.54 Å². The van der Waals surface area contributed by atoms with Crippen LogP contribution in [0.4, 0.5) is 18.9 Å². The van der Waals surface area contributed by atoms with Crippen LogP contribution in [0.2, 0.25) is 0 Å². The van der Waals surface area contributed by atoms with Crippen molar-refractivity contribution in [1.29, 1.82) is 0 Å². The maximum atomic E-state index is 13.6. The van der Waals surface area contributed by atoms with E-state index in [0.29, 0.717) is 5.69 Å². The molecule has 0 bridgehead atoms. The van der Waals surface area contributed by atoms with Crippen molar-refractivity contribution in [3.8, 4) is 5.75 Å². The topological polar surface area (TPSA) is 47.3 Å². The summed E-state index contributed by atoms with van der Waals surface area (Å²) < 4.78 is 42.0. The van der Waals surface area contributed by atoms with E-state index >= 15 is 0 Å².